The maximum Gasteiger partial charge on any atom is 0.291 e. The largest absolute Gasteiger partial charge is 0.438 e. The lowest BCUT2D eigenvalue weighted by Gasteiger charge is -2.52. The predicted octanol–water partition coefficient (Wildman–Crippen LogP) is 1.95. The van der Waals surface area contributed by atoms with Crippen LogP contribution in [0.25, 0.3) is 0 Å². The zero-order chi connectivity index (χ0) is 21.4. The molecule has 0 aliphatic carbocycles. The average Bonchev–Trinajstić information content (AvgIpc) is 3.32. The van der Waals surface area contributed by atoms with Crippen molar-refractivity contribution in [2.75, 3.05) is 13.2 Å². The Morgan fingerprint density at radius 1 is 1.07 bits per heavy atom. The van der Waals surface area contributed by atoms with Crippen LogP contribution in [0.5, 0.6) is 0 Å². The summed E-state index contributed by atoms with van der Waals surface area (Å²) in [6.07, 6.45) is -1.20. The fourth-order valence-electron chi connectivity index (χ4n) is 4.59. The fourth-order valence-corrected chi connectivity index (χ4v) is 4.59. The van der Waals surface area contributed by atoms with Crippen molar-refractivity contribution in [1.29, 1.82) is 0 Å². The molecular weight excluding hydrogens is 392 g/mol. The van der Waals surface area contributed by atoms with E-state index in [1.165, 1.54) is 11.9 Å². The van der Waals surface area contributed by atoms with Crippen molar-refractivity contribution in [1.82, 2.24) is 5.01 Å². The van der Waals surface area contributed by atoms with E-state index in [0.717, 1.165) is 0 Å². The molecule has 0 unspecified atom stereocenters. The highest BCUT2D eigenvalue weighted by molar-refractivity contribution is 5.96. The van der Waals surface area contributed by atoms with Crippen molar-refractivity contribution in [3.05, 3.63) is 35.9 Å². The smallest absolute Gasteiger partial charge is 0.291 e. The molecule has 0 N–H and O–H groups in total. The second-order valence-electron chi connectivity index (χ2n) is 8.85. The minimum absolute atomic E-state index is 0.0361. The summed E-state index contributed by atoms with van der Waals surface area (Å²) in [6.45, 7) is 8.85. The molecule has 1 aromatic carbocycles. The Balaban J connectivity index is 1.66. The molecule has 0 radical (unpaired) electrons. The molecule has 4 aliphatic rings. The number of hydrogen-bond donors (Lipinski definition) is 0. The highest BCUT2D eigenvalue weighted by Gasteiger charge is 2.78. The molecule has 5 rings (SSSR count). The van der Waals surface area contributed by atoms with E-state index in [0.29, 0.717) is 5.56 Å². The first-order chi connectivity index (χ1) is 14.1. The number of rotatable bonds is 1. The number of amides is 1. The SMILES string of the molecule is CC(=O)N1N=C(c2ccccc2)O[C@@]12[C@@H]1OC(C)(C)O[C@@H]1CO[C@]21COC(C)(C)O1. The van der Waals surface area contributed by atoms with Crippen LogP contribution in [-0.2, 0) is 33.2 Å². The monoisotopic (exact) mass is 418 g/mol. The summed E-state index contributed by atoms with van der Waals surface area (Å²) in [6, 6.07) is 9.35. The van der Waals surface area contributed by atoms with E-state index in [4.69, 9.17) is 28.4 Å². The molecule has 0 aromatic heterocycles. The van der Waals surface area contributed by atoms with E-state index in [1.807, 2.05) is 44.2 Å². The van der Waals surface area contributed by atoms with Gasteiger partial charge < -0.3 is 28.4 Å². The van der Waals surface area contributed by atoms with Crippen LogP contribution in [0.3, 0.4) is 0 Å². The molecule has 0 saturated carbocycles. The van der Waals surface area contributed by atoms with Gasteiger partial charge in [0, 0.05) is 12.5 Å². The van der Waals surface area contributed by atoms with Gasteiger partial charge in [-0.1, -0.05) is 18.2 Å². The van der Waals surface area contributed by atoms with Crippen LogP contribution in [-0.4, -0.2) is 65.3 Å². The van der Waals surface area contributed by atoms with E-state index in [9.17, 15) is 4.79 Å². The van der Waals surface area contributed by atoms with Gasteiger partial charge in [0.2, 0.25) is 11.8 Å². The Hall–Kier alpha value is -2.04. The van der Waals surface area contributed by atoms with Gasteiger partial charge in [-0.15, -0.1) is 5.10 Å². The molecule has 4 aliphatic heterocycles. The van der Waals surface area contributed by atoms with Crippen LogP contribution in [0.15, 0.2) is 35.4 Å². The minimum atomic E-state index is -1.56. The average molecular weight is 418 g/mol. The summed E-state index contributed by atoms with van der Waals surface area (Å²) < 4.78 is 37.2. The lowest BCUT2D eigenvalue weighted by molar-refractivity contribution is -0.386. The Bertz CT molecular complexity index is 900. The predicted molar refractivity (Wildman–Crippen MR) is 103 cm³/mol. The normalized spacial score (nSPS) is 38.6. The molecule has 3 saturated heterocycles. The third kappa shape index (κ3) is 2.73. The van der Waals surface area contributed by atoms with Gasteiger partial charge in [-0.05, 0) is 39.8 Å². The Morgan fingerprint density at radius 3 is 2.43 bits per heavy atom. The second kappa shape index (κ2) is 6.24. The molecular formula is C21H26N2O7. The maximum absolute atomic E-state index is 12.8. The molecule has 30 heavy (non-hydrogen) atoms. The van der Waals surface area contributed by atoms with Crippen molar-refractivity contribution in [2.24, 2.45) is 5.10 Å². The van der Waals surface area contributed by atoms with Gasteiger partial charge in [-0.25, -0.2) is 0 Å². The van der Waals surface area contributed by atoms with Gasteiger partial charge >= 0.3 is 0 Å². The first-order valence-corrected chi connectivity index (χ1v) is 10.1. The van der Waals surface area contributed by atoms with Gasteiger partial charge in [-0.2, -0.15) is 5.01 Å². The lowest BCUT2D eigenvalue weighted by Crippen LogP contribution is -2.76. The Morgan fingerprint density at radius 2 is 1.80 bits per heavy atom. The number of hydrazone groups is 1. The van der Waals surface area contributed by atoms with Crippen LogP contribution in [0, 0.1) is 0 Å². The molecule has 3 fully saturated rings. The molecule has 0 bridgehead atoms. The van der Waals surface area contributed by atoms with E-state index in [1.54, 1.807) is 13.8 Å². The van der Waals surface area contributed by atoms with Crippen molar-refractivity contribution in [3.63, 3.8) is 0 Å². The number of benzene rings is 1. The van der Waals surface area contributed by atoms with Crippen LogP contribution < -0.4 is 0 Å². The first kappa shape index (κ1) is 19.9. The molecule has 9 heteroatoms. The highest BCUT2D eigenvalue weighted by Crippen LogP contribution is 2.54. The fraction of sp³-hybridized carbons (Fsp3) is 0.619. The van der Waals surface area contributed by atoms with E-state index >= 15 is 0 Å². The van der Waals surface area contributed by atoms with Crippen molar-refractivity contribution in [3.8, 4) is 0 Å². The number of fused-ring (bicyclic) bond motifs is 3. The summed E-state index contributed by atoms with van der Waals surface area (Å²) in [4.78, 5) is 12.8. The van der Waals surface area contributed by atoms with Crippen LogP contribution in [0.2, 0.25) is 0 Å². The topological polar surface area (TPSA) is 88.1 Å². The molecule has 4 atom stereocenters. The first-order valence-electron chi connectivity index (χ1n) is 10.1. The Kier molecular flexibility index (Phi) is 4.14. The quantitative estimate of drug-likeness (QED) is 0.689. The van der Waals surface area contributed by atoms with Crippen molar-refractivity contribution in [2.45, 2.75) is 69.9 Å². The van der Waals surface area contributed by atoms with Crippen molar-refractivity contribution < 1.29 is 33.2 Å². The summed E-state index contributed by atoms with van der Waals surface area (Å²) in [5.41, 5.74) is -0.844. The van der Waals surface area contributed by atoms with Crippen LogP contribution >= 0.6 is 0 Å². The molecule has 162 valence electrons. The van der Waals surface area contributed by atoms with Gasteiger partial charge in [0.1, 0.15) is 12.7 Å². The zero-order valence-corrected chi connectivity index (χ0v) is 17.7. The number of carbonyl (C=O) groups excluding carboxylic acids is 1. The van der Waals surface area contributed by atoms with E-state index in [-0.39, 0.29) is 25.0 Å². The van der Waals surface area contributed by atoms with Gasteiger partial charge in [-0.3, -0.25) is 4.79 Å². The summed E-state index contributed by atoms with van der Waals surface area (Å²) in [5, 5.41) is 5.80. The standard InChI is InChI=1S/C21H26N2O7/c1-13(24)23-21(29-17(22-23)14-9-7-6-8-10-14)16-15(27-19(4,5)28-16)11-25-20(21)12-26-18(2,3)30-20/h6-10,15-16H,11-12H2,1-5H3/t15-,16-,20+,21-/m1/s1. The van der Waals surface area contributed by atoms with Crippen molar-refractivity contribution >= 4 is 11.8 Å². The van der Waals surface area contributed by atoms with E-state index in [2.05, 4.69) is 5.10 Å². The molecule has 9 nitrogen and oxygen atoms in total. The summed E-state index contributed by atoms with van der Waals surface area (Å²) in [7, 11) is 0. The van der Waals surface area contributed by atoms with E-state index < -0.39 is 35.3 Å². The number of ether oxygens (including phenoxy) is 6. The third-order valence-corrected chi connectivity index (χ3v) is 5.69. The third-order valence-electron chi connectivity index (χ3n) is 5.69. The molecule has 1 amide bonds. The molecule has 2 spiro atoms. The molecule has 1 aromatic rings. The number of hydrogen-bond acceptors (Lipinski definition) is 8. The van der Waals surface area contributed by atoms with Gasteiger partial charge in [0.25, 0.3) is 11.5 Å². The maximum atomic E-state index is 12.8. The lowest BCUT2D eigenvalue weighted by atomic mass is 9.88. The minimum Gasteiger partial charge on any atom is -0.438 e. The highest BCUT2D eigenvalue weighted by atomic mass is 16.9. The number of nitrogens with zero attached hydrogens (tertiary/aromatic N) is 2. The summed E-state index contributed by atoms with van der Waals surface area (Å²) in [5.74, 6) is -3.36. The van der Waals surface area contributed by atoms with Gasteiger partial charge in [0.15, 0.2) is 17.7 Å². The van der Waals surface area contributed by atoms with Crippen LogP contribution in [0.4, 0.5) is 0 Å². The second-order valence-corrected chi connectivity index (χ2v) is 8.85. The van der Waals surface area contributed by atoms with Gasteiger partial charge in [0.05, 0.1) is 6.61 Å². The van der Waals surface area contributed by atoms with Crippen LogP contribution in [0.1, 0.15) is 40.2 Å². The Labute approximate surface area is 174 Å². The summed E-state index contributed by atoms with van der Waals surface area (Å²) >= 11 is 0. The molecule has 4 heterocycles. The zero-order valence-electron chi connectivity index (χ0n) is 17.7. The number of carbonyl (C=O) groups is 1.